The molecule has 204 valence electrons. The van der Waals surface area contributed by atoms with E-state index in [4.69, 9.17) is 16.3 Å². The zero-order chi connectivity index (χ0) is 27.4. The number of pyridine rings is 1. The highest BCUT2D eigenvalue weighted by Crippen LogP contribution is 2.29. The highest BCUT2D eigenvalue weighted by Gasteiger charge is 2.31. The average molecular weight is 566 g/mol. The van der Waals surface area contributed by atoms with Crippen LogP contribution in [0.3, 0.4) is 0 Å². The average Bonchev–Trinajstić information content (AvgIpc) is 3.39. The number of aliphatic hydroxyl groups is 1. The SMILES string of the molecule is CCCn1cc(C(=O)NCc2ccc(Cl)cc2)c(=O)c2cc(CN3CCOCC3[C@@H](O)c3ccccc3)sc21. The van der Waals surface area contributed by atoms with Gasteiger partial charge in [-0.2, -0.15) is 0 Å². The van der Waals surface area contributed by atoms with Crippen molar-refractivity contribution >= 4 is 39.1 Å². The second-order valence-electron chi connectivity index (χ2n) is 9.77. The van der Waals surface area contributed by atoms with E-state index in [9.17, 15) is 14.7 Å². The van der Waals surface area contributed by atoms with Gasteiger partial charge in [-0.3, -0.25) is 14.5 Å². The molecule has 2 aromatic heterocycles. The Kier molecular flexibility index (Phi) is 8.79. The van der Waals surface area contributed by atoms with Crippen LogP contribution < -0.4 is 10.7 Å². The Hall–Kier alpha value is -3.01. The predicted molar refractivity (Wildman–Crippen MR) is 155 cm³/mol. The molecule has 1 aliphatic heterocycles. The summed E-state index contributed by atoms with van der Waals surface area (Å²) in [4.78, 5) is 30.7. The fourth-order valence-corrected chi connectivity index (χ4v) is 6.27. The van der Waals surface area contributed by atoms with Crippen molar-refractivity contribution in [2.45, 2.75) is 45.1 Å². The van der Waals surface area contributed by atoms with Crippen molar-refractivity contribution in [1.82, 2.24) is 14.8 Å². The van der Waals surface area contributed by atoms with E-state index in [0.29, 0.717) is 49.8 Å². The third-order valence-electron chi connectivity index (χ3n) is 7.02. The Labute approximate surface area is 236 Å². The summed E-state index contributed by atoms with van der Waals surface area (Å²) in [6, 6.07) is 18.6. The van der Waals surface area contributed by atoms with Gasteiger partial charge >= 0.3 is 0 Å². The number of ether oxygens (including phenoxy) is 1. The van der Waals surface area contributed by atoms with Crippen molar-refractivity contribution in [3.05, 3.63) is 104 Å². The lowest BCUT2D eigenvalue weighted by Crippen LogP contribution is -2.48. The molecule has 39 heavy (non-hydrogen) atoms. The molecule has 2 atom stereocenters. The molecule has 5 rings (SSSR count). The number of amides is 1. The molecule has 1 saturated heterocycles. The smallest absolute Gasteiger partial charge is 0.257 e. The van der Waals surface area contributed by atoms with Crippen LogP contribution in [0.25, 0.3) is 10.2 Å². The standard InChI is InChI=1S/C30H32ClN3O4S/c1-2-12-34-18-25(29(37)32-16-20-8-10-22(31)11-9-20)28(36)24-15-23(39-30(24)34)17-33-13-14-38-19-26(33)27(35)21-6-4-3-5-7-21/h3-11,15,18,26-27,35H,2,12-14,16-17,19H2,1H3,(H,32,37)/t26?,27-/m0/s1. The number of hydrogen-bond acceptors (Lipinski definition) is 6. The molecule has 0 radical (unpaired) electrons. The maximum atomic E-state index is 13.5. The molecule has 1 fully saturated rings. The monoisotopic (exact) mass is 565 g/mol. The van der Waals surface area contributed by atoms with E-state index < -0.39 is 12.0 Å². The van der Waals surface area contributed by atoms with Crippen molar-refractivity contribution in [3.63, 3.8) is 0 Å². The summed E-state index contributed by atoms with van der Waals surface area (Å²) in [7, 11) is 0. The van der Waals surface area contributed by atoms with Gasteiger partial charge in [-0.15, -0.1) is 11.3 Å². The Morgan fingerprint density at radius 1 is 1.21 bits per heavy atom. The Morgan fingerprint density at radius 3 is 2.72 bits per heavy atom. The molecule has 2 aromatic carbocycles. The number of fused-ring (bicyclic) bond motifs is 1. The summed E-state index contributed by atoms with van der Waals surface area (Å²) in [5.74, 6) is -0.395. The molecule has 0 spiro atoms. The second-order valence-corrected chi connectivity index (χ2v) is 11.3. The van der Waals surface area contributed by atoms with Crippen molar-refractivity contribution < 1.29 is 14.6 Å². The molecule has 4 aromatic rings. The first kappa shape index (κ1) is 27.6. The lowest BCUT2D eigenvalue weighted by molar-refractivity contribution is -0.0629. The molecule has 0 saturated carbocycles. The molecule has 2 N–H and O–H groups in total. The number of hydrogen-bond donors (Lipinski definition) is 2. The van der Waals surface area contributed by atoms with Crippen LogP contribution in [0.1, 0.15) is 45.8 Å². The van der Waals surface area contributed by atoms with Crippen molar-refractivity contribution in [2.75, 3.05) is 19.8 Å². The summed E-state index contributed by atoms with van der Waals surface area (Å²) < 4.78 is 7.73. The molecule has 1 amide bonds. The van der Waals surface area contributed by atoms with Crippen LogP contribution in [0, 0.1) is 0 Å². The lowest BCUT2D eigenvalue weighted by atomic mass is 10.0. The number of nitrogens with zero attached hydrogens (tertiary/aromatic N) is 2. The summed E-state index contributed by atoms with van der Waals surface area (Å²) in [5, 5.41) is 15.2. The van der Waals surface area contributed by atoms with Crippen LogP contribution in [0.15, 0.2) is 71.7 Å². The molecule has 0 aliphatic carbocycles. The Balaban J connectivity index is 1.40. The number of morpholine rings is 1. The first-order valence-corrected chi connectivity index (χ1v) is 14.4. The molecule has 1 unspecified atom stereocenters. The molecule has 3 heterocycles. The molecular weight excluding hydrogens is 534 g/mol. The lowest BCUT2D eigenvalue weighted by Gasteiger charge is -2.38. The molecule has 7 nitrogen and oxygen atoms in total. The fraction of sp³-hybridized carbons (Fsp3) is 0.333. The van der Waals surface area contributed by atoms with E-state index in [-0.39, 0.29) is 17.0 Å². The van der Waals surface area contributed by atoms with Crippen LogP contribution >= 0.6 is 22.9 Å². The number of benzene rings is 2. The third-order valence-corrected chi connectivity index (χ3v) is 8.43. The molecule has 1 aliphatic rings. The van der Waals surface area contributed by atoms with E-state index in [1.54, 1.807) is 29.7 Å². The van der Waals surface area contributed by atoms with E-state index >= 15 is 0 Å². The number of rotatable bonds is 9. The minimum Gasteiger partial charge on any atom is -0.387 e. The van der Waals surface area contributed by atoms with Gasteiger partial charge in [0.05, 0.1) is 30.7 Å². The number of aromatic nitrogens is 1. The van der Waals surface area contributed by atoms with Gasteiger partial charge in [0.1, 0.15) is 10.4 Å². The summed E-state index contributed by atoms with van der Waals surface area (Å²) >= 11 is 7.52. The number of thiophene rings is 1. The van der Waals surface area contributed by atoms with Gasteiger partial charge in [-0.05, 0) is 35.7 Å². The van der Waals surface area contributed by atoms with E-state index in [2.05, 4.69) is 17.1 Å². The normalized spacial score (nSPS) is 16.8. The minimum absolute atomic E-state index is 0.137. The first-order chi connectivity index (χ1) is 18.9. The van der Waals surface area contributed by atoms with Gasteiger partial charge in [0.25, 0.3) is 5.91 Å². The summed E-state index contributed by atoms with van der Waals surface area (Å²) in [6.07, 6.45) is 1.87. The first-order valence-electron chi connectivity index (χ1n) is 13.2. The summed E-state index contributed by atoms with van der Waals surface area (Å²) in [5.41, 5.74) is 1.62. The number of aliphatic hydroxyl groups excluding tert-OH is 1. The molecular formula is C30H32ClN3O4S. The topological polar surface area (TPSA) is 83.8 Å². The van der Waals surface area contributed by atoms with Crippen molar-refractivity contribution in [3.8, 4) is 0 Å². The number of nitrogens with one attached hydrogen (secondary N) is 1. The Morgan fingerprint density at radius 2 is 1.97 bits per heavy atom. The predicted octanol–water partition coefficient (Wildman–Crippen LogP) is 4.99. The zero-order valence-corrected chi connectivity index (χ0v) is 23.4. The second kappa shape index (κ2) is 12.4. The van der Waals surface area contributed by atoms with E-state index in [1.165, 1.54) is 0 Å². The summed E-state index contributed by atoms with van der Waals surface area (Å²) in [6.45, 7) is 5.35. The number of carbonyl (C=O) groups is 1. The number of carbonyl (C=O) groups excluding carboxylic acids is 1. The van der Waals surface area contributed by atoms with Gasteiger partial charge in [0, 0.05) is 42.3 Å². The van der Waals surface area contributed by atoms with Crippen LogP contribution in [-0.4, -0.2) is 46.3 Å². The molecule has 9 heteroatoms. The van der Waals surface area contributed by atoms with E-state index in [0.717, 1.165) is 27.3 Å². The molecule has 0 bridgehead atoms. The number of halogens is 1. The van der Waals surface area contributed by atoms with Crippen LogP contribution in [-0.2, 0) is 24.4 Å². The minimum atomic E-state index is -0.683. The maximum Gasteiger partial charge on any atom is 0.257 e. The largest absolute Gasteiger partial charge is 0.387 e. The third kappa shape index (κ3) is 6.26. The number of aryl methyl sites for hydroxylation is 1. The maximum absolute atomic E-state index is 13.5. The van der Waals surface area contributed by atoms with Crippen LogP contribution in [0.2, 0.25) is 5.02 Å². The van der Waals surface area contributed by atoms with Gasteiger partial charge in [-0.1, -0.05) is 61.0 Å². The van der Waals surface area contributed by atoms with Crippen molar-refractivity contribution in [2.24, 2.45) is 0 Å². The highest BCUT2D eigenvalue weighted by molar-refractivity contribution is 7.18. The zero-order valence-electron chi connectivity index (χ0n) is 21.8. The van der Waals surface area contributed by atoms with Gasteiger partial charge < -0.3 is 19.7 Å². The highest BCUT2D eigenvalue weighted by atomic mass is 35.5. The van der Waals surface area contributed by atoms with Gasteiger partial charge in [0.15, 0.2) is 0 Å². The van der Waals surface area contributed by atoms with Crippen LogP contribution in [0.5, 0.6) is 0 Å². The van der Waals surface area contributed by atoms with Crippen LogP contribution in [0.4, 0.5) is 0 Å². The van der Waals surface area contributed by atoms with Gasteiger partial charge in [-0.25, -0.2) is 0 Å². The van der Waals surface area contributed by atoms with Gasteiger partial charge in [0.2, 0.25) is 5.43 Å². The van der Waals surface area contributed by atoms with E-state index in [1.807, 2.05) is 53.1 Å². The quantitative estimate of drug-likeness (QED) is 0.299. The Bertz CT molecular complexity index is 1490. The van der Waals surface area contributed by atoms with Crippen molar-refractivity contribution in [1.29, 1.82) is 0 Å². The fourth-order valence-electron chi connectivity index (χ4n) is 4.97.